The van der Waals surface area contributed by atoms with E-state index < -0.39 is 17.2 Å². The number of benzene rings is 1. The molecule has 128 valence electrons. The first kappa shape index (κ1) is 17.7. The molecule has 0 saturated carbocycles. The summed E-state index contributed by atoms with van der Waals surface area (Å²) >= 11 is 0. The Morgan fingerprint density at radius 2 is 2.00 bits per heavy atom. The van der Waals surface area contributed by atoms with E-state index in [1.54, 1.807) is 17.0 Å². The maximum absolute atomic E-state index is 13.3. The first-order chi connectivity index (χ1) is 10.6. The molecule has 2 rings (SSSR count). The molecule has 3 N–H and O–H groups in total. The molecule has 5 nitrogen and oxygen atoms in total. The van der Waals surface area contributed by atoms with Crippen molar-refractivity contribution >= 4 is 6.09 Å². The molecule has 0 aliphatic carbocycles. The summed E-state index contributed by atoms with van der Waals surface area (Å²) < 4.78 is 18.7. The van der Waals surface area contributed by atoms with Crippen LogP contribution in [0.25, 0.3) is 0 Å². The van der Waals surface area contributed by atoms with Gasteiger partial charge < -0.3 is 20.5 Å². The first-order valence-corrected chi connectivity index (χ1v) is 7.82. The lowest BCUT2D eigenvalue weighted by Crippen LogP contribution is -2.52. The number of hydrogen-bond donors (Lipinski definition) is 2. The number of carbonyl (C=O) groups is 1. The van der Waals surface area contributed by atoms with E-state index in [2.05, 4.69) is 0 Å². The van der Waals surface area contributed by atoms with Crippen LogP contribution >= 0.6 is 0 Å². The third-order valence-corrected chi connectivity index (χ3v) is 4.07. The fourth-order valence-electron chi connectivity index (χ4n) is 2.72. The number of likely N-dealkylation sites (tertiary alicyclic amines) is 1. The average molecular weight is 324 g/mol. The number of aliphatic hydroxyl groups is 1. The zero-order valence-corrected chi connectivity index (χ0v) is 13.9. The first-order valence-electron chi connectivity index (χ1n) is 7.82. The Labute approximate surface area is 136 Å². The van der Waals surface area contributed by atoms with Gasteiger partial charge in [0.05, 0.1) is 11.6 Å². The van der Waals surface area contributed by atoms with E-state index in [4.69, 9.17) is 10.5 Å². The SMILES string of the molecule is CC(C)(C)OC(=O)N1CCC(O)(C(N)c2cccc(F)c2)CC1. The summed E-state index contributed by atoms with van der Waals surface area (Å²) in [5, 5.41) is 10.8. The Hall–Kier alpha value is -1.66. The summed E-state index contributed by atoms with van der Waals surface area (Å²) in [6, 6.07) is 5.25. The Kier molecular flexibility index (Phi) is 4.96. The van der Waals surface area contributed by atoms with Crippen LogP contribution in [-0.4, -0.2) is 40.4 Å². The van der Waals surface area contributed by atoms with Gasteiger partial charge in [-0.15, -0.1) is 0 Å². The summed E-state index contributed by atoms with van der Waals surface area (Å²) in [5.41, 5.74) is 4.99. The molecule has 6 heteroatoms. The highest BCUT2D eigenvalue weighted by Crippen LogP contribution is 2.34. The largest absolute Gasteiger partial charge is 0.444 e. The number of ether oxygens (including phenoxy) is 1. The van der Waals surface area contributed by atoms with Crippen molar-refractivity contribution in [2.75, 3.05) is 13.1 Å². The number of piperidine rings is 1. The molecule has 0 radical (unpaired) electrons. The number of nitrogens with zero attached hydrogens (tertiary/aromatic N) is 1. The Bertz CT molecular complexity index is 563. The van der Waals surface area contributed by atoms with Crippen LogP contribution in [0.3, 0.4) is 0 Å². The Morgan fingerprint density at radius 1 is 1.39 bits per heavy atom. The molecule has 0 bridgehead atoms. The maximum Gasteiger partial charge on any atom is 0.410 e. The van der Waals surface area contributed by atoms with Crippen LogP contribution in [0.15, 0.2) is 24.3 Å². The summed E-state index contributed by atoms with van der Waals surface area (Å²) in [7, 11) is 0. The number of hydrogen-bond acceptors (Lipinski definition) is 4. The molecule has 0 spiro atoms. The Balaban J connectivity index is 2.00. The van der Waals surface area contributed by atoms with Crippen LogP contribution in [0, 0.1) is 5.82 Å². The number of rotatable bonds is 2. The van der Waals surface area contributed by atoms with Crippen molar-refractivity contribution in [3.05, 3.63) is 35.6 Å². The van der Waals surface area contributed by atoms with Crippen LogP contribution < -0.4 is 5.73 Å². The van der Waals surface area contributed by atoms with Crippen LogP contribution in [-0.2, 0) is 4.74 Å². The van der Waals surface area contributed by atoms with Crippen molar-refractivity contribution in [1.29, 1.82) is 0 Å². The fraction of sp³-hybridized carbons (Fsp3) is 0.588. The standard InChI is InChI=1S/C17H25FN2O3/c1-16(2,3)23-15(21)20-9-7-17(22,8-10-20)14(19)12-5-4-6-13(18)11-12/h4-6,11,14,22H,7-10,19H2,1-3H3. The molecule has 1 saturated heterocycles. The minimum atomic E-state index is -1.16. The number of nitrogens with two attached hydrogens (primary N) is 1. The lowest BCUT2D eigenvalue weighted by molar-refractivity contribution is -0.0476. The molecule has 1 heterocycles. The van der Waals surface area contributed by atoms with Gasteiger partial charge in [0.25, 0.3) is 0 Å². The zero-order valence-electron chi connectivity index (χ0n) is 13.9. The van der Waals surface area contributed by atoms with Gasteiger partial charge >= 0.3 is 6.09 Å². The maximum atomic E-state index is 13.3. The molecule has 0 aromatic heterocycles. The van der Waals surface area contributed by atoms with Crippen LogP contribution in [0.1, 0.15) is 45.2 Å². The number of amides is 1. The Morgan fingerprint density at radius 3 is 2.52 bits per heavy atom. The average Bonchev–Trinajstić information content (AvgIpc) is 2.45. The second-order valence-electron chi connectivity index (χ2n) is 7.10. The van der Waals surface area contributed by atoms with Gasteiger partial charge in [0.2, 0.25) is 0 Å². The molecule has 1 amide bonds. The third-order valence-electron chi connectivity index (χ3n) is 4.07. The third kappa shape index (κ3) is 4.42. The molecular weight excluding hydrogens is 299 g/mol. The summed E-state index contributed by atoms with van der Waals surface area (Å²) in [6.45, 7) is 6.14. The van der Waals surface area contributed by atoms with Crippen molar-refractivity contribution in [1.82, 2.24) is 4.90 Å². The zero-order chi connectivity index (χ0) is 17.3. The molecule has 1 aliphatic rings. The summed E-state index contributed by atoms with van der Waals surface area (Å²) in [5.74, 6) is -0.382. The van der Waals surface area contributed by atoms with Gasteiger partial charge in [0.15, 0.2) is 0 Å². The van der Waals surface area contributed by atoms with Gasteiger partial charge in [-0.1, -0.05) is 12.1 Å². The van der Waals surface area contributed by atoms with Crippen molar-refractivity contribution in [2.45, 2.75) is 50.9 Å². The monoisotopic (exact) mass is 324 g/mol. The highest BCUT2D eigenvalue weighted by molar-refractivity contribution is 5.68. The van der Waals surface area contributed by atoms with Crippen LogP contribution in [0.5, 0.6) is 0 Å². The smallest absolute Gasteiger partial charge is 0.410 e. The summed E-state index contributed by atoms with van der Waals surface area (Å²) in [4.78, 5) is 13.6. The van der Waals surface area contributed by atoms with Gasteiger partial charge in [-0.2, -0.15) is 0 Å². The van der Waals surface area contributed by atoms with E-state index in [0.29, 0.717) is 31.5 Å². The van der Waals surface area contributed by atoms with Gasteiger partial charge in [0.1, 0.15) is 11.4 Å². The van der Waals surface area contributed by atoms with Crippen LogP contribution in [0.4, 0.5) is 9.18 Å². The molecule has 1 aromatic rings. The highest BCUT2D eigenvalue weighted by Gasteiger charge is 2.40. The fourth-order valence-corrected chi connectivity index (χ4v) is 2.72. The van der Waals surface area contributed by atoms with E-state index in [1.165, 1.54) is 12.1 Å². The normalized spacial score (nSPS) is 19.3. The highest BCUT2D eigenvalue weighted by atomic mass is 19.1. The van der Waals surface area contributed by atoms with E-state index in [-0.39, 0.29) is 11.9 Å². The second kappa shape index (κ2) is 6.45. The van der Waals surface area contributed by atoms with Crippen molar-refractivity contribution < 1.29 is 19.0 Å². The molecule has 1 unspecified atom stereocenters. The minimum Gasteiger partial charge on any atom is -0.444 e. The molecule has 1 aliphatic heterocycles. The quantitative estimate of drug-likeness (QED) is 0.877. The molecule has 1 fully saturated rings. The van der Waals surface area contributed by atoms with Gasteiger partial charge in [-0.3, -0.25) is 0 Å². The number of halogens is 1. The van der Waals surface area contributed by atoms with Gasteiger partial charge in [-0.05, 0) is 51.3 Å². The molecule has 1 aromatic carbocycles. The van der Waals surface area contributed by atoms with Crippen LogP contribution in [0.2, 0.25) is 0 Å². The van der Waals surface area contributed by atoms with Crippen molar-refractivity contribution in [3.8, 4) is 0 Å². The van der Waals surface area contributed by atoms with Gasteiger partial charge in [-0.25, -0.2) is 9.18 Å². The second-order valence-corrected chi connectivity index (χ2v) is 7.10. The summed E-state index contributed by atoms with van der Waals surface area (Å²) in [6.07, 6.45) is 0.257. The minimum absolute atomic E-state index is 0.323. The lowest BCUT2D eigenvalue weighted by Gasteiger charge is -2.41. The van der Waals surface area contributed by atoms with E-state index >= 15 is 0 Å². The van der Waals surface area contributed by atoms with Gasteiger partial charge in [0, 0.05) is 13.1 Å². The predicted octanol–water partition coefficient (Wildman–Crippen LogP) is 2.59. The van der Waals surface area contributed by atoms with E-state index in [0.717, 1.165) is 0 Å². The lowest BCUT2D eigenvalue weighted by atomic mass is 9.81. The van der Waals surface area contributed by atoms with Crippen molar-refractivity contribution in [3.63, 3.8) is 0 Å². The van der Waals surface area contributed by atoms with E-state index in [1.807, 2.05) is 20.8 Å². The molecule has 23 heavy (non-hydrogen) atoms. The molecule has 1 atom stereocenters. The van der Waals surface area contributed by atoms with Crippen molar-refractivity contribution in [2.24, 2.45) is 5.73 Å². The van der Waals surface area contributed by atoms with E-state index in [9.17, 15) is 14.3 Å². The molecular formula is C17H25FN2O3. The predicted molar refractivity (Wildman–Crippen MR) is 85.3 cm³/mol. The number of carbonyl (C=O) groups excluding carboxylic acids is 1. The topological polar surface area (TPSA) is 75.8 Å².